The van der Waals surface area contributed by atoms with E-state index in [2.05, 4.69) is 27.9 Å². The molecule has 1 rings (SSSR count). The number of carbonyl (C=O) groups is 1. The number of nitrogens with zero attached hydrogens (tertiary/aromatic N) is 1. The van der Waals surface area contributed by atoms with Gasteiger partial charge in [-0.2, -0.15) is 0 Å². The van der Waals surface area contributed by atoms with E-state index in [1.165, 1.54) is 32.1 Å². The number of hydrogen-bond donors (Lipinski definition) is 3. The van der Waals surface area contributed by atoms with Crippen LogP contribution < -0.4 is 16.0 Å². The number of amides is 1. The second kappa shape index (κ2) is 12.6. The first-order valence-electron chi connectivity index (χ1n) is 8.92. The van der Waals surface area contributed by atoms with Crippen LogP contribution >= 0.6 is 24.0 Å². The Morgan fingerprint density at radius 1 is 1.17 bits per heavy atom. The normalized spacial score (nSPS) is 16.1. The number of carbonyl (C=O) groups excluding carboxylic acids is 1. The number of aliphatic imine (C=N–C) groups is 1. The van der Waals surface area contributed by atoms with Gasteiger partial charge in [-0.25, -0.2) is 4.79 Å². The summed E-state index contributed by atoms with van der Waals surface area (Å²) in [6, 6.07) is 0.543. The number of alkyl carbamates (subject to hydrolysis) is 1. The molecule has 142 valence electrons. The van der Waals surface area contributed by atoms with Crippen molar-refractivity contribution in [1.29, 1.82) is 0 Å². The molecule has 1 amide bonds. The zero-order chi connectivity index (χ0) is 17.1. The first-order chi connectivity index (χ1) is 10.9. The summed E-state index contributed by atoms with van der Waals surface area (Å²) < 4.78 is 5.19. The van der Waals surface area contributed by atoms with Crippen molar-refractivity contribution in [3.8, 4) is 0 Å². The summed E-state index contributed by atoms with van der Waals surface area (Å²) in [6.07, 6.45) is 6.83. The van der Waals surface area contributed by atoms with Crippen LogP contribution in [0, 0.1) is 0 Å². The minimum absolute atomic E-state index is 0. The van der Waals surface area contributed by atoms with Gasteiger partial charge in [0, 0.05) is 25.7 Å². The number of ether oxygens (including phenoxy) is 1. The predicted molar refractivity (Wildman–Crippen MR) is 110 cm³/mol. The summed E-state index contributed by atoms with van der Waals surface area (Å²) in [6.45, 7) is 9.75. The highest BCUT2D eigenvalue weighted by atomic mass is 127. The Balaban J connectivity index is 0.00000529. The van der Waals surface area contributed by atoms with Gasteiger partial charge in [-0.05, 0) is 47.0 Å². The molecule has 0 atom stereocenters. The number of rotatable bonds is 6. The van der Waals surface area contributed by atoms with Gasteiger partial charge in [0.15, 0.2) is 5.96 Å². The van der Waals surface area contributed by atoms with Crippen LogP contribution in [0.5, 0.6) is 0 Å². The van der Waals surface area contributed by atoms with Crippen molar-refractivity contribution in [2.45, 2.75) is 77.9 Å². The Labute approximate surface area is 164 Å². The van der Waals surface area contributed by atoms with E-state index in [1.807, 2.05) is 20.8 Å². The van der Waals surface area contributed by atoms with E-state index < -0.39 is 5.60 Å². The first-order valence-corrected chi connectivity index (χ1v) is 8.92. The summed E-state index contributed by atoms with van der Waals surface area (Å²) in [4.78, 5) is 16.1. The van der Waals surface area contributed by atoms with Crippen LogP contribution in [-0.2, 0) is 4.74 Å². The molecule has 1 aliphatic rings. The van der Waals surface area contributed by atoms with E-state index in [0.717, 1.165) is 18.9 Å². The molecule has 0 aromatic heterocycles. The number of halogens is 1. The third-order valence-electron chi connectivity index (χ3n) is 3.56. The van der Waals surface area contributed by atoms with E-state index in [9.17, 15) is 4.79 Å². The standard InChI is InChI=1S/C17H34N4O2.HI/c1-5-18-15(21-14-10-7-6-8-11-14)19-12-9-13-20-16(22)23-17(2,3)4;/h14H,5-13H2,1-4H3,(H,20,22)(H2,18,19,21);1H. The van der Waals surface area contributed by atoms with Gasteiger partial charge in [0.1, 0.15) is 5.60 Å². The summed E-state index contributed by atoms with van der Waals surface area (Å²) >= 11 is 0. The molecule has 1 saturated carbocycles. The van der Waals surface area contributed by atoms with Crippen molar-refractivity contribution in [1.82, 2.24) is 16.0 Å². The van der Waals surface area contributed by atoms with Crippen molar-refractivity contribution >= 4 is 36.0 Å². The van der Waals surface area contributed by atoms with Gasteiger partial charge < -0.3 is 20.7 Å². The van der Waals surface area contributed by atoms with Crippen LogP contribution in [0.4, 0.5) is 4.79 Å². The van der Waals surface area contributed by atoms with E-state index in [1.54, 1.807) is 0 Å². The minimum Gasteiger partial charge on any atom is -0.444 e. The molecule has 0 aromatic rings. The largest absolute Gasteiger partial charge is 0.444 e. The van der Waals surface area contributed by atoms with Gasteiger partial charge in [0.05, 0.1) is 0 Å². The van der Waals surface area contributed by atoms with Crippen molar-refractivity contribution in [3.63, 3.8) is 0 Å². The zero-order valence-corrected chi connectivity index (χ0v) is 17.9. The quantitative estimate of drug-likeness (QED) is 0.249. The van der Waals surface area contributed by atoms with Crippen LogP contribution in [0.15, 0.2) is 4.99 Å². The fourth-order valence-electron chi connectivity index (χ4n) is 2.53. The number of guanidine groups is 1. The van der Waals surface area contributed by atoms with Gasteiger partial charge in [0.25, 0.3) is 0 Å². The molecule has 0 aromatic carbocycles. The van der Waals surface area contributed by atoms with Crippen molar-refractivity contribution in [2.24, 2.45) is 4.99 Å². The highest BCUT2D eigenvalue weighted by molar-refractivity contribution is 14.0. The number of nitrogens with one attached hydrogen (secondary N) is 3. The summed E-state index contributed by atoms with van der Waals surface area (Å²) in [5, 5.41) is 9.56. The SMILES string of the molecule is CCNC(=NCCCNC(=O)OC(C)(C)C)NC1CCCCC1.I. The maximum Gasteiger partial charge on any atom is 0.407 e. The Kier molecular flexibility index (Phi) is 12.2. The van der Waals surface area contributed by atoms with Gasteiger partial charge in [-0.3, -0.25) is 4.99 Å². The predicted octanol–water partition coefficient (Wildman–Crippen LogP) is 3.41. The highest BCUT2D eigenvalue weighted by Gasteiger charge is 2.16. The molecule has 0 heterocycles. The maximum absolute atomic E-state index is 11.5. The molecule has 0 unspecified atom stereocenters. The van der Waals surface area contributed by atoms with E-state index in [-0.39, 0.29) is 30.1 Å². The Bertz CT molecular complexity index is 377. The van der Waals surface area contributed by atoms with Crippen molar-refractivity contribution < 1.29 is 9.53 Å². The van der Waals surface area contributed by atoms with Crippen LogP contribution in [0.1, 0.15) is 66.2 Å². The molecule has 1 aliphatic carbocycles. The lowest BCUT2D eigenvalue weighted by molar-refractivity contribution is 0.0527. The van der Waals surface area contributed by atoms with Crippen LogP contribution in [0.3, 0.4) is 0 Å². The zero-order valence-electron chi connectivity index (χ0n) is 15.6. The van der Waals surface area contributed by atoms with Gasteiger partial charge in [-0.1, -0.05) is 19.3 Å². The molecule has 7 heteroatoms. The van der Waals surface area contributed by atoms with Crippen molar-refractivity contribution in [2.75, 3.05) is 19.6 Å². The summed E-state index contributed by atoms with van der Waals surface area (Å²) in [5.74, 6) is 0.886. The molecule has 0 radical (unpaired) electrons. The molecular formula is C17H35IN4O2. The van der Waals surface area contributed by atoms with Gasteiger partial charge in [0.2, 0.25) is 0 Å². The monoisotopic (exact) mass is 454 g/mol. The Morgan fingerprint density at radius 2 is 1.83 bits per heavy atom. The summed E-state index contributed by atoms with van der Waals surface area (Å²) in [7, 11) is 0. The van der Waals surface area contributed by atoms with Crippen LogP contribution in [0.25, 0.3) is 0 Å². The average molecular weight is 454 g/mol. The molecule has 0 saturated heterocycles. The molecule has 3 N–H and O–H groups in total. The summed E-state index contributed by atoms with van der Waals surface area (Å²) in [5.41, 5.74) is -0.454. The topological polar surface area (TPSA) is 74.8 Å². The lowest BCUT2D eigenvalue weighted by Gasteiger charge is -2.24. The minimum atomic E-state index is -0.454. The van der Waals surface area contributed by atoms with Crippen LogP contribution in [0.2, 0.25) is 0 Å². The van der Waals surface area contributed by atoms with E-state index >= 15 is 0 Å². The van der Waals surface area contributed by atoms with Crippen molar-refractivity contribution in [3.05, 3.63) is 0 Å². The fraction of sp³-hybridized carbons (Fsp3) is 0.882. The number of hydrogen-bond acceptors (Lipinski definition) is 3. The molecule has 24 heavy (non-hydrogen) atoms. The molecule has 0 bridgehead atoms. The molecule has 1 fully saturated rings. The lowest BCUT2D eigenvalue weighted by atomic mass is 9.96. The maximum atomic E-state index is 11.5. The lowest BCUT2D eigenvalue weighted by Crippen LogP contribution is -2.44. The second-order valence-corrected chi connectivity index (χ2v) is 7.02. The molecule has 0 aliphatic heterocycles. The van der Waals surface area contributed by atoms with E-state index in [0.29, 0.717) is 19.1 Å². The Hall–Kier alpha value is -0.730. The smallest absolute Gasteiger partial charge is 0.407 e. The van der Waals surface area contributed by atoms with Gasteiger partial charge in [-0.15, -0.1) is 24.0 Å². The molecule has 0 spiro atoms. The molecular weight excluding hydrogens is 419 g/mol. The third kappa shape index (κ3) is 11.8. The fourth-order valence-corrected chi connectivity index (χ4v) is 2.53. The second-order valence-electron chi connectivity index (χ2n) is 7.02. The van der Waals surface area contributed by atoms with Gasteiger partial charge >= 0.3 is 6.09 Å². The highest BCUT2D eigenvalue weighted by Crippen LogP contribution is 2.17. The third-order valence-corrected chi connectivity index (χ3v) is 3.56. The Morgan fingerprint density at radius 3 is 2.42 bits per heavy atom. The molecule has 6 nitrogen and oxygen atoms in total. The van der Waals surface area contributed by atoms with Crippen LogP contribution in [-0.4, -0.2) is 43.3 Å². The first kappa shape index (κ1) is 23.3. The average Bonchev–Trinajstić information content (AvgIpc) is 2.46. The van der Waals surface area contributed by atoms with E-state index in [4.69, 9.17) is 4.74 Å².